The van der Waals surface area contributed by atoms with E-state index in [9.17, 15) is 5.11 Å². The fourth-order valence-electron chi connectivity index (χ4n) is 1.91. The van der Waals surface area contributed by atoms with E-state index in [2.05, 4.69) is 13.8 Å². The molecular weight excluding hydrogens is 192 g/mol. The van der Waals surface area contributed by atoms with Gasteiger partial charge in [-0.1, -0.05) is 26.7 Å². The molecule has 1 nitrogen and oxygen atoms in total. The lowest BCUT2D eigenvalue weighted by Gasteiger charge is -2.14. The van der Waals surface area contributed by atoms with E-state index in [1.165, 1.54) is 25.7 Å². The Morgan fingerprint density at radius 3 is 2.43 bits per heavy atom. The Balaban J connectivity index is 1.99. The summed E-state index contributed by atoms with van der Waals surface area (Å²) in [6.45, 7) is 4.44. The van der Waals surface area contributed by atoms with Crippen LogP contribution in [-0.2, 0) is 0 Å². The Hall–Kier alpha value is 0.310. The van der Waals surface area contributed by atoms with Gasteiger partial charge in [0, 0.05) is 11.0 Å². The molecule has 2 heteroatoms. The highest BCUT2D eigenvalue weighted by atomic mass is 32.2. The summed E-state index contributed by atoms with van der Waals surface area (Å²) in [6.07, 6.45) is 7.63. The monoisotopic (exact) mass is 216 g/mol. The van der Waals surface area contributed by atoms with Crippen molar-refractivity contribution in [2.24, 2.45) is 5.92 Å². The second-order valence-electron chi connectivity index (χ2n) is 4.86. The summed E-state index contributed by atoms with van der Waals surface area (Å²) >= 11 is 1.99. The lowest BCUT2D eigenvalue weighted by molar-refractivity contribution is 0.180. The Labute approximate surface area is 92.7 Å². The lowest BCUT2D eigenvalue weighted by atomic mass is 10.1. The number of rotatable bonds is 6. The molecule has 0 amide bonds. The van der Waals surface area contributed by atoms with Gasteiger partial charge in [0.1, 0.15) is 0 Å². The van der Waals surface area contributed by atoms with E-state index in [1.54, 1.807) is 0 Å². The van der Waals surface area contributed by atoms with Crippen molar-refractivity contribution >= 4 is 11.8 Å². The van der Waals surface area contributed by atoms with Crippen molar-refractivity contribution in [1.82, 2.24) is 0 Å². The molecular formula is C12H24OS. The molecule has 0 saturated heterocycles. The minimum atomic E-state index is -0.0667. The highest BCUT2D eigenvalue weighted by Crippen LogP contribution is 2.30. The van der Waals surface area contributed by atoms with Crippen LogP contribution in [0.25, 0.3) is 0 Å². The van der Waals surface area contributed by atoms with Gasteiger partial charge in [0.2, 0.25) is 0 Å². The predicted molar refractivity (Wildman–Crippen MR) is 64.8 cm³/mol. The normalized spacial score (nSPS) is 20.6. The molecule has 1 unspecified atom stereocenters. The van der Waals surface area contributed by atoms with Gasteiger partial charge in [0.05, 0.1) is 6.10 Å². The average Bonchev–Trinajstić information content (AvgIpc) is 2.63. The van der Waals surface area contributed by atoms with Crippen LogP contribution in [0.2, 0.25) is 0 Å². The summed E-state index contributed by atoms with van der Waals surface area (Å²) in [5.74, 6) is 1.68. The van der Waals surface area contributed by atoms with Crippen LogP contribution in [0, 0.1) is 5.92 Å². The van der Waals surface area contributed by atoms with E-state index in [-0.39, 0.29) is 6.10 Å². The first-order chi connectivity index (χ1) is 6.68. The molecule has 0 bridgehead atoms. The fraction of sp³-hybridized carbons (Fsp3) is 1.00. The van der Waals surface area contributed by atoms with Crippen LogP contribution < -0.4 is 0 Å². The number of thioether (sulfide) groups is 1. The van der Waals surface area contributed by atoms with Crippen molar-refractivity contribution in [2.45, 2.75) is 63.7 Å². The summed E-state index contributed by atoms with van der Waals surface area (Å²) in [4.78, 5) is 0. The van der Waals surface area contributed by atoms with Crippen molar-refractivity contribution in [3.8, 4) is 0 Å². The third-order valence-corrected chi connectivity index (χ3v) is 4.42. The Morgan fingerprint density at radius 2 is 1.86 bits per heavy atom. The first kappa shape index (κ1) is 12.4. The van der Waals surface area contributed by atoms with E-state index in [4.69, 9.17) is 0 Å². The molecule has 14 heavy (non-hydrogen) atoms. The van der Waals surface area contributed by atoms with Crippen LogP contribution in [-0.4, -0.2) is 22.2 Å². The molecule has 0 aromatic heterocycles. The van der Waals surface area contributed by atoms with Crippen LogP contribution in [0.4, 0.5) is 0 Å². The molecule has 1 fully saturated rings. The maximum atomic E-state index is 9.74. The molecule has 0 heterocycles. The molecule has 1 aliphatic rings. The van der Waals surface area contributed by atoms with Gasteiger partial charge in [-0.3, -0.25) is 0 Å². The molecule has 1 N–H and O–H groups in total. The van der Waals surface area contributed by atoms with E-state index in [1.807, 2.05) is 11.8 Å². The van der Waals surface area contributed by atoms with Gasteiger partial charge < -0.3 is 5.11 Å². The van der Waals surface area contributed by atoms with Crippen molar-refractivity contribution in [3.05, 3.63) is 0 Å². The third kappa shape index (κ3) is 5.26. The first-order valence-corrected chi connectivity index (χ1v) is 7.03. The van der Waals surface area contributed by atoms with Gasteiger partial charge in [0.25, 0.3) is 0 Å². The highest BCUT2D eigenvalue weighted by molar-refractivity contribution is 7.99. The molecule has 1 aliphatic carbocycles. The Kier molecular flexibility index (Phi) is 5.95. The Bertz CT molecular complexity index is 141. The number of aliphatic hydroxyl groups is 1. The van der Waals surface area contributed by atoms with Crippen LogP contribution in [0.5, 0.6) is 0 Å². The highest BCUT2D eigenvalue weighted by Gasteiger charge is 2.16. The Morgan fingerprint density at radius 1 is 1.21 bits per heavy atom. The quantitative estimate of drug-likeness (QED) is 0.734. The van der Waals surface area contributed by atoms with Crippen LogP contribution >= 0.6 is 11.8 Å². The van der Waals surface area contributed by atoms with Crippen molar-refractivity contribution in [2.75, 3.05) is 5.75 Å². The zero-order valence-electron chi connectivity index (χ0n) is 9.54. The predicted octanol–water partition coefficient (Wildman–Crippen LogP) is 3.46. The fourth-order valence-corrected chi connectivity index (χ4v) is 3.24. The topological polar surface area (TPSA) is 20.2 Å². The van der Waals surface area contributed by atoms with Crippen molar-refractivity contribution in [1.29, 1.82) is 0 Å². The molecule has 1 atom stereocenters. The molecule has 0 aromatic carbocycles. The van der Waals surface area contributed by atoms with Crippen LogP contribution in [0.15, 0.2) is 0 Å². The summed E-state index contributed by atoms with van der Waals surface area (Å²) in [6, 6.07) is 0. The molecule has 1 rings (SSSR count). The van der Waals surface area contributed by atoms with Crippen molar-refractivity contribution in [3.63, 3.8) is 0 Å². The molecule has 0 spiro atoms. The smallest absolute Gasteiger partial charge is 0.0630 e. The van der Waals surface area contributed by atoms with Gasteiger partial charge in [-0.15, -0.1) is 0 Å². The van der Waals surface area contributed by atoms with E-state index in [0.717, 1.165) is 29.8 Å². The van der Waals surface area contributed by atoms with Gasteiger partial charge in [-0.25, -0.2) is 0 Å². The summed E-state index contributed by atoms with van der Waals surface area (Å²) in [5.41, 5.74) is 0. The van der Waals surface area contributed by atoms with Gasteiger partial charge in [-0.05, 0) is 31.6 Å². The number of aliphatic hydroxyl groups excluding tert-OH is 1. The zero-order chi connectivity index (χ0) is 10.4. The first-order valence-electron chi connectivity index (χ1n) is 5.98. The summed E-state index contributed by atoms with van der Waals surface area (Å²) in [7, 11) is 0. The molecule has 0 aromatic rings. The standard InChI is InChI=1S/C12H24OS/c1-10(2)7-8-11(13)9-14-12-5-3-4-6-12/h10-13H,3-9H2,1-2H3. The zero-order valence-corrected chi connectivity index (χ0v) is 10.4. The minimum absolute atomic E-state index is 0.0667. The van der Waals surface area contributed by atoms with Crippen LogP contribution in [0.3, 0.4) is 0 Å². The molecule has 0 aliphatic heterocycles. The average molecular weight is 216 g/mol. The largest absolute Gasteiger partial charge is 0.392 e. The van der Waals surface area contributed by atoms with Crippen LogP contribution in [0.1, 0.15) is 52.4 Å². The SMILES string of the molecule is CC(C)CCC(O)CSC1CCCC1. The maximum Gasteiger partial charge on any atom is 0.0630 e. The van der Waals surface area contributed by atoms with E-state index < -0.39 is 0 Å². The summed E-state index contributed by atoms with van der Waals surface area (Å²) < 4.78 is 0. The lowest BCUT2D eigenvalue weighted by Crippen LogP contribution is -2.13. The van der Waals surface area contributed by atoms with Crippen molar-refractivity contribution < 1.29 is 5.11 Å². The third-order valence-electron chi connectivity index (χ3n) is 2.90. The minimum Gasteiger partial charge on any atom is -0.392 e. The van der Waals surface area contributed by atoms with E-state index in [0.29, 0.717) is 0 Å². The molecule has 84 valence electrons. The molecule has 1 saturated carbocycles. The van der Waals surface area contributed by atoms with Gasteiger partial charge in [0.15, 0.2) is 0 Å². The van der Waals surface area contributed by atoms with Gasteiger partial charge in [-0.2, -0.15) is 11.8 Å². The number of hydrogen-bond donors (Lipinski definition) is 1. The van der Waals surface area contributed by atoms with E-state index >= 15 is 0 Å². The number of hydrogen-bond acceptors (Lipinski definition) is 2. The second-order valence-corrected chi connectivity index (χ2v) is 6.20. The maximum absolute atomic E-state index is 9.74. The van der Waals surface area contributed by atoms with Gasteiger partial charge >= 0.3 is 0 Å². The molecule has 0 radical (unpaired) electrons. The second kappa shape index (κ2) is 6.73. The summed E-state index contributed by atoms with van der Waals surface area (Å²) in [5, 5.41) is 10.6.